The fourth-order valence-electron chi connectivity index (χ4n) is 3.28. The SMILES string of the molecule is CC(=O)Nc1cccc(NC(=O)CN2CCc3nc(NC(=O)c4ccoc4)sc3C2)c1. The maximum absolute atomic E-state index is 12.5. The number of hydrogen-bond acceptors (Lipinski definition) is 7. The fourth-order valence-corrected chi connectivity index (χ4v) is 4.33. The Hall–Kier alpha value is -3.50. The third-order valence-electron chi connectivity index (χ3n) is 4.65. The van der Waals surface area contributed by atoms with Crippen LogP contribution in [0.15, 0.2) is 47.3 Å². The highest BCUT2D eigenvalue weighted by atomic mass is 32.1. The van der Waals surface area contributed by atoms with Gasteiger partial charge in [-0.15, -0.1) is 11.3 Å². The van der Waals surface area contributed by atoms with Crippen LogP contribution in [0.2, 0.25) is 0 Å². The largest absolute Gasteiger partial charge is 0.472 e. The molecule has 9 nitrogen and oxygen atoms in total. The van der Waals surface area contributed by atoms with E-state index in [9.17, 15) is 14.4 Å². The van der Waals surface area contributed by atoms with Crippen LogP contribution in [0.1, 0.15) is 27.9 Å². The summed E-state index contributed by atoms with van der Waals surface area (Å²) < 4.78 is 4.93. The molecular weight excluding hydrogens is 418 g/mol. The second-order valence-corrected chi connectivity index (χ2v) is 8.21. The van der Waals surface area contributed by atoms with Crippen molar-refractivity contribution in [3.05, 3.63) is 59.0 Å². The monoisotopic (exact) mass is 439 g/mol. The predicted octanol–water partition coefficient (Wildman–Crippen LogP) is 2.94. The summed E-state index contributed by atoms with van der Waals surface area (Å²) in [7, 11) is 0. The van der Waals surface area contributed by atoms with Gasteiger partial charge in [-0.25, -0.2) is 4.98 Å². The van der Waals surface area contributed by atoms with E-state index in [1.165, 1.54) is 30.8 Å². The van der Waals surface area contributed by atoms with E-state index in [2.05, 4.69) is 20.9 Å². The Bertz CT molecular complexity index is 1110. The van der Waals surface area contributed by atoms with E-state index in [1.807, 2.05) is 4.90 Å². The number of fused-ring (bicyclic) bond motifs is 1. The molecule has 31 heavy (non-hydrogen) atoms. The number of rotatable bonds is 6. The van der Waals surface area contributed by atoms with Crippen molar-refractivity contribution in [2.24, 2.45) is 0 Å². The number of carbonyl (C=O) groups is 3. The fraction of sp³-hybridized carbons (Fsp3) is 0.238. The van der Waals surface area contributed by atoms with Gasteiger partial charge in [0.2, 0.25) is 11.8 Å². The van der Waals surface area contributed by atoms with Crippen LogP contribution in [0.3, 0.4) is 0 Å². The summed E-state index contributed by atoms with van der Waals surface area (Å²) in [6.45, 7) is 2.96. The number of furan rings is 1. The molecule has 0 radical (unpaired) electrons. The quantitative estimate of drug-likeness (QED) is 0.544. The first kappa shape index (κ1) is 20.8. The lowest BCUT2D eigenvalue weighted by Crippen LogP contribution is -2.36. The Balaban J connectivity index is 1.33. The molecule has 0 spiro atoms. The van der Waals surface area contributed by atoms with Crippen LogP contribution >= 0.6 is 11.3 Å². The van der Waals surface area contributed by atoms with Crippen molar-refractivity contribution in [3.8, 4) is 0 Å². The zero-order valence-electron chi connectivity index (χ0n) is 16.8. The number of carbonyl (C=O) groups excluding carboxylic acids is 3. The maximum atomic E-state index is 12.5. The second-order valence-electron chi connectivity index (χ2n) is 7.13. The number of anilines is 3. The van der Waals surface area contributed by atoms with Gasteiger partial charge in [0.1, 0.15) is 6.26 Å². The molecule has 3 heterocycles. The number of aromatic nitrogens is 1. The Morgan fingerprint density at radius 3 is 2.71 bits per heavy atom. The first-order valence-electron chi connectivity index (χ1n) is 9.68. The first-order valence-corrected chi connectivity index (χ1v) is 10.5. The molecule has 3 amide bonds. The van der Waals surface area contributed by atoms with Crippen molar-refractivity contribution >= 4 is 45.6 Å². The molecule has 0 bridgehead atoms. The van der Waals surface area contributed by atoms with Gasteiger partial charge in [-0.3, -0.25) is 24.6 Å². The van der Waals surface area contributed by atoms with Crippen LogP contribution in [-0.2, 0) is 22.6 Å². The Kier molecular flexibility index (Phi) is 6.10. The zero-order chi connectivity index (χ0) is 21.8. The van der Waals surface area contributed by atoms with Crippen LogP contribution in [0.4, 0.5) is 16.5 Å². The van der Waals surface area contributed by atoms with Gasteiger partial charge in [0.25, 0.3) is 5.91 Å². The van der Waals surface area contributed by atoms with Gasteiger partial charge in [0.05, 0.1) is 24.1 Å². The average Bonchev–Trinajstić information content (AvgIpc) is 3.36. The predicted molar refractivity (Wildman–Crippen MR) is 117 cm³/mol. The minimum atomic E-state index is -0.266. The summed E-state index contributed by atoms with van der Waals surface area (Å²) in [6, 6.07) is 8.61. The zero-order valence-corrected chi connectivity index (χ0v) is 17.6. The summed E-state index contributed by atoms with van der Waals surface area (Å²) in [4.78, 5) is 43.4. The molecular formula is C21H21N5O4S. The molecule has 2 aromatic heterocycles. The third-order valence-corrected chi connectivity index (χ3v) is 5.65. The second kappa shape index (κ2) is 9.11. The highest BCUT2D eigenvalue weighted by Gasteiger charge is 2.23. The van der Waals surface area contributed by atoms with Crippen molar-refractivity contribution in [2.75, 3.05) is 29.0 Å². The van der Waals surface area contributed by atoms with Crippen molar-refractivity contribution < 1.29 is 18.8 Å². The summed E-state index contributed by atoms with van der Waals surface area (Å²) >= 11 is 1.42. The molecule has 10 heteroatoms. The molecule has 1 aliphatic heterocycles. The van der Waals surface area contributed by atoms with Gasteiger partial charge in [0, 0.05) is 42.7 Å². The van der Waals surface area contributed by atoms with E-state index in [0.717, 1.165) is 10.6 Å². The number of hydrogen-bond donors (Lipinski definition) is 3. The van der Waals surface area contributed by atoms with Crippen LogP contribution in [-0.4, -0.2) is 40.7 Å². The molecule has 1 aliphatic rings. The van der Waals surface area contributed by atoms with Gasteiger partial charge >= 0.3 is 0 Å². The number of thiazole rings is 1. The number of nitrogens with zero attached hydrogens (tertiary/aromatic N) is 2. The van der Waals surface area contributed by atoms with Gasteiger partial charge in [-0.2, -0.15) is 0 Å². The summed E-state index contributed by atoms with van der Waals surface area (Å²) in [5.41, 5.74) is 2.64. The Morgan fingerprint density at radius 2 is 1.97 bits per heavy atom. The molecule has 4 rings (SSSR count). The van der Waals surface area contributed by atoms with Crippen LogP contribution in [0, 0.1) is 0 Å². The van der Waals surface area contributed by atoms with Crippen LogP contribution in [0.5, 0.6) is 0 Å². The minimum Gasteiger partial charge on any atom is -0.472 e. The van der Waals surface area contributed by atoms with Gasteiger partial charge in [-0.05, 0) is 24.3 Å². The van der Waals surface area contributed by atoms with Crippen molar-refractivity contribution in [3.63, 3.8) is 0 Å². The summed E-state index contributed by atoms with van der Waals surface area (Å²) in [6.07, 6.45) is 3.54. The lowest BCUT2D eigenvalue weighted by Gasteiger charge is -2.25. The topological polar surface area (TPSA) is 117 Å². The van der Waals surface area contributed by atoms with E-state index in [-0.39, 0.29) is 24.3 Å². The smallest absolute Gasteiger partial charge is 0.260 e. The van der Waals surface area contributed by atoms with Crippen molar-refractivity contribution in [1.82, 2.24) is 9.88 Å². The number of nitrogens with one attached hydrogen (secondary N) is 3. The normalized spacial score (nSPS) is 13.3. The molecule has 0 saturated carbocycles. The molecule has 3 N–H and O–H groups in total. The van der Waals surface area contributed by atoms with Crippen molar-refractivity contribution in [2.45, 2.75) is 19.9 Å². The molecule has 3 aromatic rings. The van der Waals surface area contributed by atoms with E-state index >= 15 is 0 Å². The van der Waals surface area contributed by atoms with Gasteiger partial charge in [-0.1, -0.05) is 6.07 Å². The summed E-state index contributed by atoms with van der Waals surface area (Å²) in [5.74, 6) is -0.573. The Morgan fingerprint density at radius 1 is 1.16 bits per heavy atom. The molecule has 1 aromatic carbocycles. The molecule has 0 saturated heterocycles. The lowest BCUT2D eigenvalue weighted by atomic mass is 10.2. The van der Waals surface area contributed by atoms with E-state index in [4.69, 9.17) is 4.42 Å². The number of benzene rings is 1. The van der Waals surface area contributed by atoms with E-state index in [1.54, 1.807) is 30.3 Å². The molecule has 0 fully saturated rings. The average molecular weight is 439 g/mol. The maximum Gasteiger partial charge on any atom is 0.260 e. The highest BCUT2D eigenvalue weighted by molar-refractivity contribution is 7.15. The molecule has 0 unspecified atom stereocenters. The summed E-state index contributed by atoms with van der Waals surface area (Å²) in [5, 5.41) is 8.89. The van der Waals surface area contributed by atoms with Crippen LogP contribution in [0.25, 0.3) is 0 Å². The molecule has 0 aliphatic carbocycles. The Labute approximate surface area is 182 Å². The lowest BCUT2D eigenvalue weighted by molar-refractivity contribution is -0.117. The number of amides is 3. The van der Waals surface area contributed by atoms with E-state index in [0.29, 0.717) is 41.6 Å². The van der Waals surface area contributed by atoms with Crippen molar-refractivity contribution in [1.29, 1.82) is 0 Å². The first-order chi connectivity index (χ1) is 15.0. The molecule has 160 valence electrons. The highest BCUT2D eigenvalue weighted by Crippen LogP contribution is 2.28. The molecule has 0 atom stereocenters. The minimum absolute atomic E-state index is 0.138. The van der Waals surface area contributed by atoms with E-state index < -0.39 is 0 Å². The van der Waals surface area contributed by atoms with Crippen LogP contribution < -0.4 is 16.0 Å². The van der Waals surface area contributed by atoms with Gasteiger partial charge in [0.15, 0.2) is 5.13 Å². The standard InChI is InChI=1S/C21H21N5O4S/c1-13(27)22-15-3-2-4-16(9-15)23-19(28)11-26-7-5-17-18(10-26)31-21(24-17)25-20(29)14-6-8-30-12-14/h2-4,6,8-9,12H,5,7,10-11H2,1H3,(H,22,27)(H,23,28)(H,24,25,29). The van der Waals surface area contributed by atoms with Gasteiger partial charge < -0.3 is 15.1 Å². The third kappa shape index (κ3) is 5.36.